The van der Waals surface area contributed by atoms with Gasteiger partial charge in [0.25, 0.3) is 0 Å². The molecule has 142 valence electrons. The quantitative estimate of drug-likeness (QED) is 0.725. The second kappa shape index (κ2) is 7.63. The van der Waals surface area contributed by atoms with Crippen molar-refractivity contribution < 1.29 is 22.4 Å². The molecule has 1 aliphatic heterocycles. The molecule has 0 spiro atoms. The smallest absolute Gasteiger partial charge is 0.247 e. The van der Waals surface area contributed by atoms with E-state index >= 15 is 0 Å². The van der Waals surface area contributed by atoms with Crippen LogP contribution in [0.15, 0.2) is 27.6 Å². The molecule has 1 aromatic heterocycles. The third-order valence-corrected chi connectivity index (χ3v) is 6.52. The van der Waals surface area contributed by atoms with Crippen molar-refractivity contribution in [2.24, 2.45) is 0 Å². The molecule has 2 aromatic rings. The molecule has 8 nitrogen and oxygen atoms in total. The largest absolute Gasteiger partial charge is 0.497 e. The summed E-state index contributed by atoms with van der Waals surface area (Å²) in [4.78, 5) is 4.31. The number of sulfonamides is 1. The third kappa shape index (κ3) is 3.68. The first kappa shape index (κ1) is 18.7. The van der Waals surface area contributed by atoms with E-state index in [4.69, 9.17) is 14.0 Å². The summed E-state index contributed by atoms with van der Waals surface area (Å²) in [5.74, 6) is 1.90. The minimum Gasteiger partial charge on any atom is -0.497 e. The van der Waals surface area contributed by atoms with Gasteiger partial charge in [-0.25, -0.2) is 8.42 Å². The van der Waals surface area contributed by atoms with Gasteiger partial charge in [-0.2, -0.15) is 9.29 Å². The van der Waals surface area contributed by atoms with E-state index in [9.17, 15) is 8.42 Å². The number of hydrogen-bond acceptors (Lipinski definition) is 7. The average molecular weight is 381 g/mol. The van der Waals surface area contributed by atoms with Crippen molar-refractivity contribution in [1.82, 2.24) is 14.4 Å². The predicted molar refractivity (Wildman–Crippen MR) is 93.8 cm³/mol. The molecule has 0 N–H and O–H groups in total. The Hall–Kier alpha value is -2.13. The molecule has 0 amide bonds. The Kier molecular flexibility index (Phi) is 5.47. The van der Waals surface area contributed by atoms with Gasteiger partial charge in [0, 0.05) is 32.0 Å². The van der Waals surface area contributed by atoms with Gasteiger partial charge in [-0.15, -0.1) is 0 Å². The molecular weight excluding hydrogens is 358 g/mol. The van der Waals surface area contributed by atoms with Crippen molar-refractivity contribution in [2.45, 2.75) is 43.5 Å². The molecule has 0 unspecified atom stereocenters. The van der Waals surface area contributed by atoms with Crippen LogP contribution >= 0.6 is 0 Å². The first-order valence-electron chi connectivity index (χ1n) is 8.48. The zero-order valence-electron chi connectivity index (χ0n) is 15.1. The molecule has 1 saturated heterocycles. The van der Waals surface area contributed by atoms with Crippen LogP contribution in [0.4, 0.5) is 0 Å². The highest BCUT2D eigenvalue weighted by atomic mass is 32.2. The van der Waals surface area contributed by atoms with Gasteiger partial charge in [-0.1, -0.05) is 5.16 Å². The standard InChI is InChI=1S/C17H23N3O5S/c1-12-18-17(19-25-12)9-6-13-5-4-10-20(13)26(21,22)16-11-14(23-2)7-8-15(16)24-3/h7-8,11,13H,4-6,9-10H2,1-3H3/t13-/m1/s1. The summed E-state index contributed by atoms with van der Waals surface area (Å²) in [5, 5.41) is 3.88. The SMILES string of the molecule is COc1ccc(OC)c(S(=O)(=O)N2CCC[C@@H]2CCc2noc(C)n2)c1. The van der Waals surface area contributed by atoms with Crippen molar-refractivity contribution in [2.75, 3.05) is 20.8 Å². The topological polar surface area (TPSA) is 94.8 Å². The number of nitrogens with zero attached hydrogens (tertiary/aromatic N) is 3. The van der Waals surface area contributed by atoms with Crippen LogP contribution in [0, 0.1) is 6.92 Å². The lowest BCUT2D eigenvalue weighted by Crippen LogP contribution is -2.36. The van der Waals surface area contributed by atoms with Gasteiger partial charge >= 0.3 is 0 Å². The van der Waals surface area contributed by atoms with Crippen LogP contribution < -0.4 is 9.47 Å². The van der Waals surface area contributed by atoms with Gasteiger partial charge in [-0.3, -0.25) is 0 Å². The summed E-state index contributed by atoms with van der Waals surface area (Å²) in [7, 11) is -0.735. The minimum absolute atomic E-state index is 0.102. The van der Waals surface area contributed by atoms with Crippen molar-refractivity contribution in [3.8, 4) is 11.5 Å². The van der Waals surface area contributed by atoms with Crippen LogP contribution in [0.25, 0.3) is 0 Å². The van der Waals surface area contributed by atoms with Gasteiger partial charge < -0.3 is 14.0 Å². The first-order valence-corrected chi connectivity index (χ1v) is 9.92. The zero-order valence-corrected chi connectivity index (χ0v) is 16.0. The lowest BCUT2D eigenvalue weighted by molar-refractivity contribution is 0.355. The number of ether oxygens (including phenoxy) is 2. The Morgan fingerprint density at radius 1 is 1.31 bits per heavy atom. The summed E-state index contributed by atoms with van der Waals surface area (Å²) in [6.45, 7) is 2.22. The molecule has 1 fully saturated rings. The number of aromatic nitrogens is 2. The zero-order chi connectivity index (χ0) is 18.7. The first-order chi connectivity index (χ1) is 12.5. The Bertz CT molecular complexity index is 865. The number of aryl methyl sites for hydroxylation is 2. The van der Waals surface area contributed by atoms with Crippen LogP contribution in [-0.4, -0.2) is 49.7 Å². The lowest BCUT2D eigenvalue weighted by atomic mass is 10.1. The molecule has 0 radical (unpaired) electrons. The van der Waals surface area contributed by atoms with E-state index in [0.29, 0.717) is 42.6 Å². The van der Waals surface area contributed by atoms with Crippen molar-refractivity contribution in [3.63, 3.8) is 0 Å². The number of methoxy groups -OCH3 is 2. The van der Waals surface area contributed by atoms with E-state index in [0.717, 1.165) is 12.8 Å². The third-order valence-electron chi connectivity index (χ3n) is 4.55. The number of benzene rings is 1. The van der Waals surface area contributed by atoms with Crippen molar-refractivity contribution in [1.29, 1.82) is 0 Å². The predicted octanol–water partition coefficient (Wildman–Crippen LogP) is 2.18. The fraction of sp³-hybridized carbons (Fsp3) is 0.529. The molecule has 9 heteroatoms. The second-order valence-electron chi connectivity index (χ2n) is 6.20. The summed E-state index contributed by atoms with van der Waals surface area (Å²) in [6.07, 6.45) is 2.84. The van der Waals surface area contributed by atoms with Crippen LogP contribution in [-0.2, 0) is 16.4 Å². The van der Waals surface area contributed by atoms with Crippen LogP contribution in [0.1, 0.15) is 31.0 Å². The fourth-order valence-corrected chi connectivity index (χ4v) is 5.16. The van der Waals surface area contributed by atoms with Crippen molar-refractivity contribution in [3.05, 3.63) is 29.9 Å². The van der Waals surface area contributed by atoms with Crippen LogP contribution in [0.5, 0.6) is 11.5 Å². The molecule has 0 saturated carbocycles. The van der Waals surface area contributed by atoms with Gasteiger partial charge in [-0.05, 0) is 31.4 Å². The van der Waals surface area contributed by atoms with Crippen molar-refractivity contribution >= 4 is 10.0 Å². The maximum atomic E-state index is 13.2. The van der Waals surface area contributed by atoms with Gasteiger partial charge in [0.1, 0.15) is 16.4 Å². The molecule has 0 aliphatic carbocycles. The second-order valence-corrected chi connectivity index (χ2v) is 8.06. The maximum Gasteiger partial charge on any atom is 0.247 e. The Balaban J connectivity index is 1.83. The summed E-state index contributed by atoms with van der Waals surface area (Å²) < 4.78 is 43.5. The fourth-order valence-electron chi connectivity index (χ4n) is 3.26. The molecule has 0 bridgehead atoms. The van der Waals surface area contributed by atoms with E-state index in [1.807, 2.05) is 0 Å². The minimum atomic E-state index is -3.70. The molecule has 1 aromatic carbocycles. The Morgan fingerprint density at radius 3 is 2.77 bits per heavy atom. The molecule has 2 heterocycles. The molecular formula is C17H23N3O5S. The number of hydrogen-bond donors (Lipinski definition) is 0. The summed E-state index contributed by atoms with van der Waals surface area (Å²) >= 11 is 0. The van der Waals surface area contributed by atoms with Crippen LogP contribution in [0.3, 0.4) is 0 Å². The molecule has 1 aliphatic rings. The van der Waals surface area contributed by atoms with E-state index in [-0.39, 0.29) is 10.9 Å². The maximum absolute atomic E-state index is 13.2. The highest BCUT2D eigenvalue weighted by Crippen LogP contribution is 2.35. The highest BCUT2D eigenvalue weighted by molar-refractivity contribution is 7.89. The van der Waals surface area contributed by atoms with E-state index < -0.39 is 10.0 Å². The monoisotopic (exact) mass is 381 g/mol. The molecule has 3 rings (SSSR count). The summed E-state index contributed by atoms with van der Waals surface area (Å²) in [6, 6.07) is 4.69. The van der Waals surface area contributed by atoms with E-state index in [1.165, 1.54) is 20.3 Å². The normalized spacial score (nSPS) is 18.2. The Morgan fingerprint density at radius 2 is 2.12 bits per heavy atom. The lowest BCUT2D eigenvalue weighted by Gasteiger charge is -2.24. The number of rotatable bonds is 7. The van der Waals surface area contributed by atoms with Crippen LogP contribution in [0.2, 0.25) is 0 Å². The van der Waals surface area contributed by atoms with Gasteiger partial charge in [0.15, 0.2) is 5.82 Å². The molecule has 1 atom stereocenters. The van der Waals surface area contributed by atoms with Gasteiger partial charge in [0.05, 0.1) is 14.2 Å². The Labute approximate surface area is 153 Å². The van der Waals surface area contributed by atoms with Gasteiger partial charge in [0.2, 0.25) is 15.9 Å². The van der Waals surface area contributed by atoms with E-state index in [2.05, 4.69) is 10.1 Å². The highest BCUT2D eigenvalue weighted by Gasteiger charge is 2.37. The summed E-state index contributed by atoms with van der Waals surface area (Å²) in [5.41, 5.74) is 0. The average Bonchev–Trinajstić information content (AvgIpc) is 3.28. The molecule has 26 heavy (non-hydrogen) atoms. The van der Waals surface area contributed by atoms with E-state index in [1.54, 1.807) is 23.4 Å².